The lowest BCUT2D eigenvalue weighted by molar-refractivity contribution is -0.138. The molecule has 0 spiro atoms. The summed E-state index contributed by atoms with van der Waals surface area (Å²) in [5.74, 6) is 0.138. The van der Waals surface area contributed by atoms with E-state index in [9.17, 15) is 13.2 Å². The van der Waals surface area contributed by atoms with Crippen molar-refractivity contribution in [1.29, 1.82) is 0 Å². The van der Waals surface area contributed by atoms with Crippen LogP contribution in [0.4, 0.5) is 11.4 Å². The summed E-state index contributed by atoms with van der Waals surface area (Å²) in [6, 6.07) is 14.8. The molecule has 154 valence electrons. The summed E-state index contributed by atoms with van der Waals surface area (Å²) < 4.78 is 31.7. The summed E-state index contributed by atoms with van der Waals surface area (Å²) in [4.78, 5) is 17.0. The maximum atomic E-state index is 13.1. The molecule has 9 heteroatoms. The molecule has 1 unspecified atom stereocenters. The highest BCUT2D eigenvalue weighted by Gasteiger charge is 2.37. The van der Waals surface area contributed by atoms with E-state index in [1.165, 1.54) is 10.4 Å². The number of rotatable bonds is 3. The summed E-state index contributed by atoms with van der Waals surface area (Å²) in [6.45, 7) is 2.47. The first kappa shape index (κ1) is 19.8. The number of halogens is 1. The molecule has 0 aliphatic carbocycles. The van der Waals surface area contributed by atoms with E-state index in [1.807, 2.05) is 30.3 Å². The zero-order chi connectivity index (χ0) is 20.6. The van der Waals surface area contributed by atoms with Gasteiger partial charge in [-0.25, -0.2) is 8.42 Å². The number of hydrogen-bond donors (Lipinski definition) is 0. The monoisotopic (exact) mass is 435 g/mol. The second-order valence-corrected chi connectivity index (χ2v) is 9.50. The lowest BCUT2D eigenvalue weighted by atomic mass is 10.2. The van der Waals surface area contributed by atoms with Gasteiger partial charge in [0.2, 0.25) is 10.0 Å². The molecule has 2 aliphatic rings. The first-order chi connectivity index (χ1) is 13.8. The summed E-state index contributed by atoms with van der Waals surface area (Å²) >= 11 is 6.02. The van der Waals surface area contributed by atoms with Crippen molar-refractivity contribution in [3.63, 3.8) is 0 Å². The van der Waals surface area contributed by atoms with E-state index in [0.29, 0.717) is 42.6 Å². The van der Waals surface area contributed by atoms with E-state index < -0.39 is 16.1 Å². The second-order valence-electron chi connectivity index (χ2n) is 7.16. The summed E-state index contributed by atoms with van der Waals surface area (Å²) in [5.41, 5.74) is 1.49. The Bertz CT molecular complexity index is 1010. The third kappa shape index (κ3) is 4.13. The Labute approximate surface area is 175 Å². The van der Waals surface area contributed by atoms with Crippen molar-refractivity contribution in [2.45, 2.75) is 6.10 Å². The minimum Gasteiger partial charge on any atom is -0.476 e. The molecule has 0 aromatic heterocycles. The van der Waals surface area contributed by atoms with E-state index in [0.717, 1.165) is 11.9 Å². The number of para-hydroxylation sites is 1. The van der Waals surface area contributed by atoms with Crippen LogP contribution in [0.3, 0.4) is 0 Å². The fourth-order valence-electron chi connectivity index (χ4n) is 3.69. The Kier molecular flexibility index (Phi) is 5.31. The van der Waals surface area contributed by atoms with Crippen LogP contribution in [0, 0.1) is 0 Å². The van der Waals surface area contributed by atoms with Crippen LogP contribution in [-0.2, 0) is 14.8 Å². The smallest absolute Gasteiger partial charge is 0.265 e. The van der Waals surface area contributed by atoms with Crippen LogP contribution in [0.5, 0.6) is 5.75 Å². The molecule has 2 heterocycles. The number of carbonyl (C=O) groups excluding carboxylic acids is 1. The molecule has 0 saturated carbocycles. The zero-order valence-electron chi connectivity index (χ0n) is 16.0. The highest BCUT2D eigenvalue weighted by atomic mass is 35.5. The van der Waals surface area contributed by atoms with Crippen LogP contribution in [0.15, 0.2) is 48.5 Å². The highest BCUT2D eigenvalue weighted by Crippen LogP contribution is 2.37. The van der Waals surface area contributed by atoms with E-state index in [1.54, 1.807) is 17.0 Å². The molecule has 1 atom stereocenters. The van der Waals surface area contributed by atoms with Crippen molar-refractivity contribution >= 4 is 38.9 Å². The van der Waals surface area contributed by atoms with Crippen molar-refractivity contribution in [3.8, 4) is 5.75 Å². The molecule has 7 nitrogen and oxygen atoms in total. The van der Waals surface area contributed by atoms with Gasteiger partial charge in [0.05, 0.1) is 18.5 Å². The first-order valence-electron chi connectivity index (χ1n) is 9.35. The van der Waals surface area contributed by atoms with Crippen molar-refractivity contribution < 1.29 is 17.9 Å². The minimum atomic E-state index is -3.58. The first-order valence-corrected chi connectivity index (χ1v) is 11.6. The number of nitrogens with zero attached hydrogens (tertiary/aromatic N) is 3. The molecule has 1 fully saturated rings. The molecule has 4 rings (SSSR count). The predicted octanol–water partition coefficient (Wildman–Crippen LogP) is 2.22. The van der Waals surface area contributed by atoms with Gasteiger partial charge in [-0.2, -0.15) is 0 Å². The van der Waals surface area contributed by atoms with Crippen molar-refractivity contribution in [2.24, 2.45) is 0 Å². The SMILES string of the molecule is CS(=O)(=O)N1CC(C(=O)N2CCN(c3ccccc3)CC2)Oc2ccc(Cl)cc21. The number of benzene rings is 2. The van der Waals surface area contributed by atoms with Gasteiger partial charge in [-0.15, -0.1) is 0 Å². The average molecular weight is 436 g/mol. The van der Waals surface area contributed by atoms with E-state index in [2.05, 4.69) is 4.90 Å². The quantitative estimate of drug-likeness (QED) is 0.739. The Morgan fingerprint density at radius 2 is 1.76 bits per heavy atom. The molecule has 0 N–H and O–H groups in total. The second kappa shape index (κ2) is 7.76. The van der Waals surface area contributed by atoms with Crippen LogP contribution >= 0.6 is 11.6 Å². The van der Waals surface area contributed by atoms with Crippen LogP contribution in [0.2, 0.25) is 5.02 Å². The summed E-state index contributed by atoms with van der Waals surface area (Å²) in [5, 5.41) is 0.405. The summed E-state index contributed by atoms with van der Waals surface area (Å²) in [7, 11) is -3.58. The molecule has 2 aliphatic heterocycles. The number of fused-ring (bicyclic) bond motifs is 1. The molecule has 1 amide bonds. The fourth-order valence-corrected chi connectivity index (χ4v) is 4.77. The van der Waals surface area contributed by atoms with Gasteiger partial charge in [-0.05, 0) is 30.3 Å². The maximum absolute atomic E-state index is 13.1. The van der Waals surface area contributed by atoms with Gasteiger partial charge in [0, 0.05) is 36.9 Å². The molecule has 29 heavy (non-hydrogen) atoms. The number of carbonyl (C=O) groups is 1. The largest absolute Gasteiger partial charge is 0.476 e. The van der Waals surface area contributed by atoms with Crippen molar-refractivity contribution in [2.75, 3.05) is 48.2 Å². The van der Waals surface area contributed by atoms with Crippen LogP contribution in [0.25, 0.3) is 0 Å². The topological polar surface area (TPSA) is 70.2 Å². The predicted molar refractivity (Wildman–Crippen MR) is 113 cm³/mol. The number of hydrogen-bond acceptors (Lipinski definition) is 5. The Hall–Kier alpha value is -2.45. The lowest BCUT2D eigenvalue weighted by Crippen LogP contribution is -2.56. The fraction of sp³-hybridized carbons (Fsp3) is 0.350. The average Bonchev–Trinajstić information content (AvgIpc) is 2.72. The lowest BCUT2D eigenvalue weighted by Gasteiger charge is -2.40. The van der Waals surface area contributed by atoms with Crippen LogP contribution in [-0.4, -0.2) is 64.3 Å². The van der Waals surface area contributed by atoms with Gasteiger partial charge in [-0.1, -0.05) is 29.8 Å². The standard InChI is InChI=1S/C20H22ClN3O4S/c1-29(26,27)24-14-19(28-18-8-7-15(21)13-17(18)24)20(25)23-11-9-22(10-12-23)16-5-3-2-4-6-16/h2-8,13,19H,9-12,14H2,1H3. The number of ether oxygens (including phenoxy) is 1. The number of amides is 1. The maximum Gasteiger partial charge on any atom is 0.265 e. The number of anilines is 2. The molecule has 2 aromatic carbocycles. The molecule has 2 aromatic rings. The van der Waals surface area contributed by atoms with Crippen LogP contribution < -0.4 is 13.9 Å². The number of sulfonamides is 1. The van der Waals surface area contributed by atoms with Gasteiger partial charge in [0.1, 0.15) is 5.75 Å². The molecule has 0 radical (unpaired) electrons. The van der Waals surface area contributed by atoms with Gasteiger partial charge < -0.3 is 14.5 Å². The van der Waals surface area contributed by atoms with Crippen LogP contribution in [0.1, 0.15) is 0 Å². The van der Waals surface area contributed by atoms with E-state index in [-0.39, 0.29) is 12.5 Å². The van der Waals surface area contributed by atoms with E-state index >= 15 is 0 Å². The van der Waals surface area contributed by atoms with Crippen molar-refractivity contribution in [3.05, 3.63) is 53.6 Å². The molecule has 1 saturated heterocycles. The normalized spacial score (nSPS) is 19.5. The van der Waals surface area contributed by atoms with Gasteiger partial charge >= 0.3 is 0 Å². The third-order valence-corrected chi connectivity index (χ3v) is 6.56. The van der Waals surface area contributed by atoms with Gasteiger partial charge in [0.25, 0.3) is 5.91 Å². The molecule has 0 bridgehead atoms. The van der Waals surface area contributed by atoms with Crippen molar-refractivity contribution in [1.82, 2.24) is 4.90 Å². The minimum absolute atomic E-state index is 0.0656. The highest BCUT2D eigenvalue weighted by molar-refractivity contribution is 7.92. The Morgan fingerprint density at radius 1 is 1.07 bits per heavy atom. The molecular weight excluding hydrogens is 414 g/mol. The Morgan fingerprint density at radius 3 is 2.41 bits per heavy atom. The van der Waals surface area contributed by atoms with E-state index in [4.69, 9.17) is 16.3 Å². The number of piperazine rings is 1. The molecular formula is C20H22ClN3O4S. The third-order valence-electron chi connectivity index (χ3n) is 5.18. The van der Waals surface area contributed by atoms with Gasteiger partial charge in [-0.3, -0.25) is 9.10 Å². The Balaban J connectivity index is 1.49. The zero-order valence-corrected chi connectivity index (χ0v) is 17.6. The van der Waals surface area contributed by atoms with Gasteiger partial charge in [0.15, 0.2) is 6.10 Å². The summed E-state index contributed by atoms with van der Waals surface area (Å²) in [6.07, 6.45) is 0.227.